The zero-order chi connectivity index (χ0) is 11.7. The molecule has 1 aliphatic rings. The summed E-state index contributed by atoms with van der Waals surface area (Å²) in [6.07, 6.45) is 0. The van der Waals surface area contributed by atoms with Gasteiger partial charge in [-0.25, -0.2) is 0 Å². The highest BCUT2D eigenvalue weighted by Gasteiger charge is 2.27. The molecule has 1 aromatic rings. The molecule has 84 valence electrons. The van der Waals surface area contributed by atoms with E-state index < -0.39 is 0 Å². The highest BCUT2D eigenvalue weighted by Crippen LogP contribution is 2.32. The average molecular weight is 215 g/mol. The molecule has 1 aliphatic heterocycles. The molecule has 0 bridgehead atoms. The monoisotopic (exact) mass is 215 g/mol. The molecule has 2 N–H and O–H groups in total. The summed E-state index contributed by atoms with van der Waals surface area (Å²) in [4.78, 5) is 2.28. The minimum Gasteiger partial charge on any atom is -0.396 e. The van der Waals surface area contributed by atoms with Crippen LogP contribution < -0.4 is 10.6 Å². The van der Waals surface area contributed by atoms with Crippen LogP contribution in [0.15, 0.2) is 18.2 Å². The lowest BCUT2D eigenvalue weighted by Gasteiger charge is -2.20. The number of nitrogens with zero attached hydrogens (tertiary/aromatic N) is 2. The molecule has 3 heteroatoms. The number of nitrogens with two attached hydrogens (primary N) is 1. The van der Waals surface area contributed by atoms with Gasteiger partial charge in [-0.3, -0.25) is 0 Å². The number of para-hydroxylation sites is 1. The Hall–Kier alpha value is -1.69. The van der Waals surface area contributed by atoms with Gasteiger partial charge in [-0.05, 0) is 24.0 Å². The van der Waals surface area contributed by atoms with Gasteiger partial charge in [0.15, 0.2) is 0 Å². The molecule has 16 heavy (non-hydrogen) atoms. The van der Waals surface area contributed by atoms with Crippen LogP contribution in [0.1, 0.15) is 19.4 Å². The molecule has 1 fully saturated rings. The third-order valence-electron chi connectivity index (χ3n) is 3.53. The summed E-state index contributed by atoms with van der Waals surface area (Å²) >= 11 is 0. The van der Waals surface area contributed by atoms with Gasteiger partial charge < -0.3 is 10.6 Å². The smallest absolute Gasteiger partial charge is 0.101 e. The van der Waals surface area contributed by atoms with Gasteiger partial charge in [-0.15, -0.1) is 0 Å². The molecule has 3 nitrogen and oxygen atoms in total. The van der Waals surface area contributed by atoms with Gasteiger partial charge in [0, 0.05) is 13.1 Å². The van der Waals surface area contributed by atoms with E-state index in [-0.39, 0.29) is 0 Å². The van der Waals surface area contributed by atoms with Crippen molar-refractivity contribution < 1.29 is 0 Å². The molecule has 2 unspecified atom stereocenters. The van der Waals surface area contributed by atoms with Crippen LogP contribution in [0.3, 0.4) is 0 Å². The molecule has 1 aromatic carbocycles. The standard InChI is InChI=1S/C13H17N3/c1-9-7-16(8-10(9)2)12-5-3-4-11(6-14)13(12)15/h3-5,9-10H,7-8,15H2,1-2H3. The predicted octanol–water partition coefficient (Wildman–Crippen LogP) is 2.23. The van der Waals surface area contributed by atoms with Crippen LogP contribution in [-0.4, -0.2) is 13.1 Å². The van der Waals surface area contributed by atoms with Gasteiger partial charge in [-0.2, -0.15) is 5.26 Å². The minimum atomic E-state index is 0.574. The first-order chi connectivity index (χ1) is 7.63. The largest absolute Gasteiger partial charge is 0.396 e. The quantitative estimate of drug-likeness (QED) is 0.731. The van der Waals surface area contributed by atoms with Crippen molar-refractivity contribution >= 4 is 11.4 Å². The van der Waals surface area contributed by atoms with Crippen LogP contribution in [0.4, 0.5) is 11.4 Å². The fourth-order valence-electron chi connectivity index (χ4n) is 2.25. The Bertz CT molecular complexity index is 423. The van der Waals surface area contributed by atoms with Crippen LogP contribution in [0.2, 0.25) is 0 Å². The molecule has 2 rings (SSSR count). The molecule has 2 atom stereocenters. The van der Waals surface area contributed by atoms with E-state index in [1.165, 1.54) is 0 Å². The lowest BCUT2D eigenvalue weighted by atomic mass is 10.0. The van der Waals surface area contributed by atoms with Gasteiger partial charge in [0.1, 0.15) is 6.07 Å². The first-order valence-electron chi connectivity index (χ1n) is 5.67. The van der Waals surface area contributed by atoms with Crippen molar-refractivity contribution in [2.45, 2.75) is 13.8 Å². The zero-order valence-corrected chi connectivity index (χ0v) is 9.77. The summed E-state index contributed by atoms with van der Waals surface area (Å²) < 4.78 is 0. The Morgan fingerprint density at radius 1 is 1.31 bits per heavy atom. The van der Waals surface area contributed by atoms with Crippen LogP contribution in [0.25, 0.3) is 0 Å². The van der Waals surface area contributed by atoms with Gasteiger partial charge in [0.2, 0.25) is 0 Å². The Morgan fingerprint density at radius 2 is 1.94 bits per heavy atom. The molecule has 0 amide bonds. The van der Waals surface area contributed by atoms with Crippen LogP contribution in [0.5, 0.6) is 0 Å². The van der Waals surface area contributed by atoms with E-state index >= 15 is 0 Å². The van der Waals surface area contributed by atoms with Crippen molar-refractivity contribution in [3.63, 3.8) is 0 Å². The van der Waals surface area contributed by atoms with Crippen molar-refractivity contribution in [2.75, 3.05) is 23.7 Å². The first-order valence-corrected chi connectivity index (χ1v) is 5.67. The third-order valence-corrected chi connectivity index (χ3v) is 3.53. The molecular formula is C13H17N3. The fraction of sp³-hybridized carbons (Fsp3) is 0.462. The number of rotatable bonds is 1. The van der Waals surface area contributed by atoms with E-state index in [1.54, 1.807) is 6.07 Å². The number of anilines is 2. The number of hydrogen-bond donors (Lipinski definition) is 1. The maximum Gasteiger partial charge on any atom is 0.101 e. The number of benzene rings is 1. The van der Waals surface area contributed by atoms with Crippen molar-refractivity contribution in [1.82, 2.24) is 0 Å². The van der Waals surface area contributed by atoms with E-state index in [1.807, 2.05) is 12.1 Å². The number of nitrogen functional groups attached to an aromatic ring is 1. The Morgan fingerprint density at radius 3 is 2.50 bits per heavy atom. The van der Waals surface area contributed by atoms with E-state index in [0.717, 1.165) is 18.8 Å². The molecular weight excluding hydrogens is 198 g/mol. The predicted molar refractivity (Wildman–Crippen MR) is 66.1 cm³/mol. The Labute approximate surface area is 96.5 Å². The second kappa shape index (κ2) is 4.05. The van der Waals surface area contributed by atoms with Gasteiger partial charge in [-0.1, -0.05) is 19.9 Å². The van der Waals surface area contributed by atoms with Gasteiger partial charge in [0.05, 0.1) is 16.9 Å². The molecule has 0 saturated carbocycles. The lowest BCUT2D eigenvalue weighted by Crippen LogP contribution is -2.21. The Kier molecular flexibility index (Phi) is 2.74. The zero-order valence-electron chi connectivity index (χ0n) is 9.77. The maximum absolute atomic E-state index is 8.94. The summed E-state index contributed by atoms with van der Waals surface area (Å²) in [6.45, 7) is 6.57. The normalized spacial score (nSPS) is 24.4. The van der Waals surface area contributed by atoms with Crippen molar-refractivity contribution in [3.05, 3.63) is 23.8 Å². The highest BCUT2D eigenvalue weighted by atomic mass is 15.2. The SMILES string of the molecule is CC1CN(c2cccc(C#N)c2N)CC1C. The minimum absolute atomic E-state index is 0.574. The van der Waals surface area contributed by atoms with Crippen LogP contribution >= 0.6 is 0 Å². The second-order valence-electron chi connectivity index (χ2n) is 4.71. The van der Waals surface area contributed by atoms with Crippen LogP contribution in [-0.2, 0) is 0 Å². The Balaban J connectivity index is 2.32. The topological polar surface area (TPSA) is 53.0 Å². The van der Waals surface area contributed by atoms with Gasteiger partial charge >= 0.3 is 0 Å². The second-order valence-corrected chi connectivity index (χ2v) is 4.71. The van der Waals surface area contributed by atoms with E-state index in [0.29, 0.717) is 23.1 Å². The average Bonchev–Trinajstić information content (AvgIpc) is 2.59. The van der Waals surface area contributed by atoms with E-state index in [2.05, 4.69) is 24.8 Å². The first kappa shape index (κ1) is 10.8. The summed E-state index contributed by atoms with van der Waals surface area (Å²) in [5.41, 5.74) is 8.20. The molecule has 1 saturated heterocycles. The lowest BCUT2D eigenvalue weighted by molar-refractivity contribution is 0.494. The van der Waals surface area contributed by atoms with E-state index in [4.69, 9.17) is 11.0 Å². The molecule has 0 radical (unpaired) electrons. The summed E-state index contributed by atoms with van der Waals surface area (Å²) in [5, 5.41) is 8.94. The van der Waals surface area contributed by atoms with Crippen LogP contribution in [0, 0.1) is 23.2 Å². The van der Waals surface area contributed by atoms with E-state index in [9.17, 15) is 0 Å². The van der Waals surface area contributed by atoms with Gasteiger partial charge in [0.25, 0.3) is 0 Å². The number of hydrogen-bond acceptors (Lipinski definition) is 3. The molecule has 1 heterocycles. The van der Waals surface area contributed by atoms with Crippen molar-refractivity contribution in [2.24, 2.45) is 11.8 Å². The summed E-state index contributed by atoms with van der Waals surface area (Å²) in [7, 11) is 0. The summed E-state index contributed by atoms with van der Waals surface area (Å²) in [5.74, 6) is 1.37. The fourth-order valence-corrected chi connectivity index (χ4v) is 2.25. The molecule has 0 spiro atoms. The van der Waals surface area contributed by atoms with Crippen molar-refractivity contribution in [3.8, 4) is 6.07 Å². The number of nitriles is 1. The maximum atomic E-state index is 8.94. The van der Waals surface area contributed by atoms with Crippen molar-refractivity contribution in [1.29, 1.82) is 5.26 Å². The molecule has 0 aromatic heterocycles. The third kappa shape index (κ3) is 1.71. The molecule has 0 aliphatic carbocycles. The summed E-state index contributed by atoms with van der Waals surface area (Å²) in [6, 6.07) is 7.80. The highest BCUT2D eigenvalue weighted by molar-refractivity contribution is 5.74.